The monoisotopic (exact) mass is 474 g/mol. The molecule has 5 rings (SSSR count). The molecule has 2 amide bonds. The van der Waals surface area contributed by atoms with Gasteiger partial charge in [0.2, 0.25) is 0 Å². The Morgan fingerprint density at radius 2 is 1.89 bits per heavy atom. The van der Waals surface area contributed by atoms with E-state index >= 15 is 0 Å². The predicted octanol–water partition coefficient (Wildman–Crippen LogP) is 4.29. The molecule has 35 heavy (non-hydrogen) atoms. The minimum Gasteiger partial charge on any atom is -0.456 e. The Morgan fingerprint density at radius 3 is 2.63 bits per heavy atom. The number of carbonyl (C=O) groups excluding carboxylic acids is 2. The molecular weight excluding hydrogens is 440 g/mol. The van der Waals surface area contributed by atoms with Gasteiger partial charge in [-0.1, -0.05) is 42.5 Å². The molecule has 2 aromatic carbocycles. The molecule has 7 heteroatoms. The number of fused-ring (bicyclic) bond motifs is 2. The Labute approximate surface area is 206 Å². The molecule has 1 fully saturated rings. The number of nitrogens with zero attached hydrogens (tertiary/aromatic N) is 2. The van der Waals surface area contributed by atoms with Crippen molar-refractivity contribution in [1.29, 1.82) is 0 Å². The lowest BCUT2D eigenvalue weighted by Crippen LogP contribution is -2.56. The molecule has 3 aromatic rings. The summed E-state index contributed by atoms with van der Waals surface area (Å²) in [5.41, 5.74) is 4.80. The van der Waals surface area contributed by atoms with E-state index in [9.17, 15) is 9.59 Å². The number of carbonyl (C=O) groups is 2. The van der Waals surface area contributed by atoms with Crippen molar-refractivity contribution in [1.82, 2.24) is 20.1 Å². The molecule has 1 aliphatic carbocycles. The summed E-state index contributed by atoms with van der Waals surface area (Å²) in [7, 11) is 2.12. The standard InChI is InChI=1S/C28H34N4O3/c1-4-32(5-2)28(34)29-19-14-21-20-12-9-13-23-25(20)22(15-24(21)31(3)16-19)26(30-23)27(33)35-17-18-10-7-6-8-11-18/h6-13,19,21,24,30H,4-5,14-17H2,1-3H3,(H,29,34)/t19-,21+,24+/m0/s1. The number of benzene rings is 2. The fourth-order valence-electron chi connectivity index (χ4n) is 5.88. The van der Waals surface area contributed by atoms with E-state index in [1.54, 1.807) is 0 Å². The van der Waals surface area contributed by atoms with Crippen LogP contribution in [0.4, 0.5) is 4.79 Å². The maximum atomic E-state index is 13.1. The highest BCUT2D eigenvalue weighted by Crippen LogP contribution is 2.44. The van der Waals surface area contributed by atoms with E-state index in [1.807, 2.05) is 55.1 Å². The maximum Gasteiger partial charge on any atom is 0.355 e. The summed E-state index contributed by atoms with van der Waals surface area (Å²) in [6.45, 7) is 6.45. The third kappa shape index (κ3) is 4.41. The van der Waals surface area contributed by atoms with Crippen LogP contribution in [0, 0.1) is 0 Å². The molecular formula is C28H34N4O3. The molecule has 0 saturated carbocycles. The molecule has 2 heterocycles. The van der Waals surface area contributed by atoms with Gasteiger partial charge in [0.15, 0.2) is 0 Å². The van der Waals surface area contributed by atoms with Gasteiger partial charge in [-0.05, 0) is 56.5 Å². The van der Waals surface area contributed by atoms with Gasteiger partial charge in [0, 0.05) is 48.5 Å². The number of likely N-dealkylation sites (tertiary alicyclic amines) is 1. The zero-order chi connectivity index (χ0) is 24.5. The quantitative estimate of drug-likeness (QED) is 0.523. The number of piperidine rings is 1. The Balaban J connectivity index is 1.41. The van der Waals surface area contributed by atoms with Crippen molar-refractivity contribution in [3.63, 3.8) is 0 Å². The molecule has 184 valence electrons. The highest BCUT2D eigenvalue weighted by Gasteiger charge is 2.41. The number of likely N-dealkylation sites (N-methyl/N-ethyl adjacent to an activating group) is 1. The first-order valence-corrected chi connectivity index (χ1v) is 12.6. The van der Waals surface area contributed by atoms with E-state index in [-0.39, 0.29) is 36.6 Å². The Morgan fingerprint density at radius 1 is 1.11 bits per heavy atom. The van der Waals surface area contributed by atoms with Crippen molar-refractivity contribution in [3.05, 3.63) is 70.9 Å². The van der Waals surface area contributed by atoms with Crippen molar-refractivity contribution in [2.45, 2.75) is 51.3 Å². The van der Waals surface area contributed by atoms with Gasteiger partial charge < -0.3 is 24.8 Å². The average Bonchev–Trinajstić information content (AvgIpc) is 3.24. The lowest BCUT2D eigenvalue weighted by atomic mass is 9.73. The second-order valence-corrected chi connectivity index (χ2v) is 9.68. The molecule has 0 spiro atoms. The van der Waals surface area contributed by atoms with Crippen LogP contribution in [0.1, 0.15) is 53.4 Å². The number of aromatic amines is 1. The van der Waals surface area contributed by atoms with E-state index in [0.717, 1.165) is 41.4 Å². The van der Waals surface area contributed by atoms with Crippen molar-refractivity contribution < 1.29 is 14.3 Å². The number of ether oxygens (including phenoxy) is 1. The van der Waals surface area contributed by atoms with Crippen LogP contribution in [0.25, 0.3) is 10.9 Å². The number of amides is 2. The number of nitrogens with one attached hydrogen (secondary N) is 2. The zero-order valence-electron chi connectivity index (χ0n) is 20.7. The summed E-state index contributed by atoms with van der Waals surface area (Å²) in [6.07, 6.45) is 1.67. The maximum absolute atomic E-state index is 13.1. The molecule has 2 aliphatic rings. The Bertz CT molecular complexity index is 1220. The third-order valence-electron chi connectivity index (χ3n) is 7.65. The SMILES string of the molecule is CCN(CC)C(=O)N[C@H]1C[C@@H]2c3cccc4[nH]c(C(=O)OCc5ccccc5)c(c34)C[C@H]2N(C)C1. The largest absolute Gasteiger partial charge is 0.456 e. The van der Waals surface area contributed by atoms with Crippen LogP contribution in [0.15, 0.2) is 48.5 Å². The van der Waals surface area contributed by atoms with Gasteiger partial charge in [-0.15, -0.1) is 0 Å². The number of hydrogen-bond donors (Lipinski definition) is 2. The summed E-state index contributed by atoms with van der Waals surface area (Å²) in [5, 5.41) is 4.40. The molecule has 1 aromatic heterocycles. The number of rotatable bonds is 6. The number of H-pyrrole nitrogens is 1. The van der Waals surface area contributed by atoms with Crippen LogP contribution in [0.5, 0.6) is 0 Å². The van der Waals surface area contributed by atoms with Crippen LogP contribution in [-0.2, 0) is 17.8 Å². The minimum absolute atomic E-state index is 0.00616. The topological polar surface area (TPSA) is 77.7 Å². The molecule has 1 aliphatic heterocycles. The highest BCUT2D eigenvalue weighted by atomic mass is 16.5. The van der Waals surface area contributed by atoms with Gasteiger partial charge in [0.1, 0.15) is 12.3 Å². The van der Waals surface area contributed by atoms with Gasteiger partial charge >= 0.3 is 12.0 Å². The first-order chi connectivity index (χ1) is 17.0. The van der Waals surface area contributed by atoms with Crippen LogP contribution >= 0.6 is 0 Å². The van der Waals surface area contributed by atoms with Crippen molar-refractivity contribution in [3.8, 4) is 0 Å². The lowest BCUT2D eigenvalue weighted by Gasteiger charge is -2.46. The van der Waals surface area contributed by atoms with Gasteiger partial charge in [-0.3, -0.25) is 0 Å². The van der Waals surface area contributed by atoms with Crippen LogP contribution in [-0.4, -0.2) is 65.5 Å². The summed E-state index contributed by atoms with van der Waals surface area (Å²) < 4.78 is 5.68. The third-order valence-corrected chi connectivity index (χ3v) is 7.65. The Kier molecular flexibility index (Phi) is 6.52. The highest BCUT2D eigenvalue weighted by molar-refractivity contribution is 6.00. The molecule has 1 saturated heterocycles. The van der Waals surface area contributed by atoms with E-state index in [2.05, 4.69) is 34.4 Å². The normalized spacial score (nSPS) is 21.4. The van der Waals surface area contributed by atoms with Gasteiger partial charge in [-0.2, -0.15) is 0 Å². The average molecular weight is 475 g/mol. The minimum atomic E-state index is -0.313. The first-order valence-electron chi connectivity index (χ1n) is 12.6. The fourth-order valence-corrected chi connectivity index (χ4v) is 5.88. The molecule has 0 unspecified atom stereocenters. The van der Waals surface area contributed by atoms with Gasteiger partial charge in [0.05, 0.1) is 0 Å². The van der Waals surface area contributed by atoms with E-state index in [1.165, 1.54) is 5.56 Å². The molecule has 2 N–H and O–H groups in total. The second kappa shape index (κ2) is 9.74. The van der Waals surface area contributed by atoms with Crippen LogP contribution in [0.3, 0.4) is 0 Å². The van der Waals surface area contributed by atoms with Gasteiger partial charge in [-0.25, -0.2) is 9.59 Å². The smallest absolute Gasteiger partial charge is 0.355 e. The van der Waals surface area contributed by atoms with Crippen LogP contribution in [0.2, 0.25) is 0 Å². The Hall–Kier alpha value is -3.32. The molecule has 0 bridgehead atoms. The molecule has 3 atom stereocenters. The first kappa shape index (κ1) is 23.4. The summed E-state index contributed by atoms with van der Waals surface area (Å²) in [4.78, 5) is 33.4. The van der Waals surface area contributed by atoms with E-state index in [0.29, 0.717) is 18.8 Å². The zero-order valence-corrected chi connectivity index (χ0v) is 20.7. The summed E-state index contributed by atoms with van der Waals surface area (Å²) >= 11 is 0. The summed E-state index contributed by atoms with van der Waals surface area (Å²) in [5.74, 6) is -0.0248. The second-order valence-electron chi connectivity index (χ2n) is 9.68. The number of urea groups is 1. The number of hydrogen-bond acceptors (Lipinski definition) is 4. The number of aromatic nitrogens is 1. The van der Waals surface area contributed by atoms with E-state index in [4.69, 9.17) is 4.74 Å². The molecule has 0 radical (unpaired) electrons. The predicted molar refractivity (Wildman–Crippen MR) is 137 cm³/mol. The fraction of sp³-hybridized carbons (Fsp3) is 0.429. The molecule has 7 nitrogen and oxygen atoms in total. The van der Waals surface area contributed by atoms with Crippen molar-refractivity contribution in [2.24, 2.45) is 0 Å². The van der Waals surface area contributed by atoms with Crippen molar-refractivity contribution in [2.75, 3.05) is 26.7 Å². The van der Waals surface area contributed by atoms with Crippen molar-refractivity contribution >= 4 is 22.9 Å². The van der Waals surface area contributed by atoms with Crippen LogP contribution < -0.4 is 5.32 Å². The summed E-state index contributed by atoms with van der Waals surface area (Å²) in [6, 6.07) is 16.4. The number of esters is 1. The van der Waals surface area contributed by atoms with E-state index < -0.39 is 0 Å². The lowest BCUT2D eigenvalue weighted by molar-refractivity contribution is 0.0464. The van der Waals surface area contributed by atoms with Gasteiger partial charge in [0.25, 0.3) is 0 Å².